The smallest absolute Gasteiger partial charge is 0.134 e. The van der Waals surface area contributed by atoms with E-state index in [0.717, 1.165) is 28.8 Å². The van der Waals surface area contributed by atoms with Gasteiger partial charge in [0.15, 0.2) is 0 Å². The van der Waals surface area contributed by atoms with Gasteiger partial charge in [0.1, 0.15) is 11.6 Å². The Labute approximate surface area is 126 Å². The molecule has 0 saturated carbocycles. The van der Waals surface area contributed by atoms with Crippen LogP contribution in [0.1, 0.15) is 27.2 Å². The van der Waals surface area contributed by atoms with E-state index < -0.39 is 5.60 Å². The summed E-state index contributed by atoms with van der Waals surface area (Å²) >= 11 is 0. The third kappa shape index (κ3) is 4.08. The average Bonchev–Trinajstić information content (AvgIpc) is 2.43. The number of nitrogens with one attached hydrogen (secondary N) is 1. The van der Waals surface area contributed by atoms with Crippen LogP contribution >= 0.6 is 0 Å². The number of methoxy groups -OCH3 is 1. The summed E-state index contributed by atoms with van der Waals surface area (Å²) in [6.45, 7) is 6.53. The molecule has 21 heavy (non-hydrogen) atoms. The van der Waals surface area contributed by atoms with E-state index in [-0.39, 0.29) is 0 Å². The summed E-state index contributed by atoms with van der Waals surface area (Å²) in [5, 5.41) is 15.8. The van der Waals surface area contributed by atoms with Crippen molar-refractivity contribution in [1.82, 2.24) is 4.98 Å². The number of hydrogen-bond acceptors (Lipinski definition) is 4. The van der Waals surface area contributed by atoms with Crippen molar-refractivity contribution in [1.29, 1.82) is 0 Å². The second-order valence-corrected chi connectivity index (χ2v) is 6.20. The molecule has 2 rings (SSSR count). The summed E-state index contributed by atoms with van der Waals surface area (Å²) in [5.74, 6) is 2.02. The van der Waals surface area contributed by atoms with Crippen molar-refractivity contribution in [3.8, 4) is 5.75 Å². The van der Waals surface area contributed by atoms with Gasteiger partial charge in [0.2, 0.25) is 0 Å². The fourth-order valence-corrected chi connectivity index (χ4v) is 2.64. The topological polar surface area (TPSA) is 54.4 Å². The monoisotopic (exact) mass is 288 g/mol. The zero-order chi connectivity index (χ0) is 15.5. The fraction of sp³-hybridized carbons (Fsp3) is 0.471. The molecule has 0 saturated heterocycles. The minimum Gasteiger partial charge on any atom is -0.497 e. The zero-order valence-electron chi connectivity index (χ0n) is 13.2. The highest BCUT2D eigenvalue weighted by Gasteiger charge is 2.22. The molecular weight excluding hydrogens is 264 g/mol. The van der Waals surface area contributed by atoms with Gasteiger partial charge in [-0.2, -0.15) is 0 Å². The first-order chi connectivity index (χ1) is 9.91. The molecule has 2 aromatic rings. The summed E-state index contributed by atoms with van der Waals surface area (Å²) < 4.78 is 5.27. The number of aromatic nitrogens is 1. The maximum absolute atomic E-state index is 10.4. The van der Waals surface area contributed by atoms with Gasteiger partial charge in [-0.05, 0) is 42.8 Å². The van der Waals surface area contributed by atoms with E-state index in [1.165, 1.54) is 0 Å². The third-order valence-electron chi connectivity index (χ3n) is 3.46. The van der Waals surface area contributed by atoms with Crippen LogP contribution in [0.3, 0.4) is 0 Å². The standard InChI is InChI=1S/C17H24N2O2/c1-12(2)10-17(3,20)11-19-16-15-9-14(21-4)6-5-13(15)7-8-18-16/h5-9,12,20H,10-11H2,1-4H3,(H,18,19). The van der Waals surface area contributed by atoms with Crippen LogP contribution in [0.15, 0.2) is 30.5 Å². The Morgan fingerprint density at radius 3 is 2.76 bits per heavy atom. The Hall–Kier alpha value is -1.81. The number of fused-ring (bicyclic) bond motifs is 1. The van der Waals surface area contributed by atoms with Gasteiger partial charge in [-0.1, -0.05) is 19.9 Å². The molecule has 114 valence electrons. The van der Waals surface area contributed by atoms with Gasteiger partial charge >= 0.3 is 0 Å². The molecule has 0 aliphatic rings. The Morgan fingerprint density at radius 1 is 1.33 bits per heavy atom. The van der Waals surface area contributed by atoms with Crippen LogP contribution in [0.2, 0.25) is 0 Å². The Balaban J connectivity index is 2.22. The Morgan fingerprint density at radius 2 is 2.10 bits per heavy atom. The molecule has 4 nitrogen and oxygen atoms in total. The van der Waals surface area contributed by atoms with E-state index in [0.29, 0.717) is 12.5 Å². The van der Waals surface area contributed by atoms with Gasteiger partial charge in [0.25, 0.3) is 0 Å². The highest BCUT2D eigenvalue weighted by molar-refractivity contribution is 5.92. The van der Waals surface area contributed by atoms with Crippen LogP contribution in [0, 0.1) is 5.92 Å². The quantitative estimate of drug-likeness (QED) is 0.855. The van der Waals surface area contributed by atoms with Crippen LogP contribution in [0.5, 0.6) is 5.75 Å². The number of pyridine rings is 1. The number of aliphatic hydroxyl groups is 1. The van der Waals surface area contributed by atoms with Gasteiger partial charge in [-0.3, -0.25) is 0 Å². The highest BCUT2D eigenvalue weighted by Crippen LogP contribution is 2.26. The zero-order valence-corrected chi connectivity index (χ0v) is 13.2. The van der Waals surface area contributed by atoms with Crippen molar-refractivity contribution in [2.24, 2.45) is 5.92 Å². The van der Waals surface area contributed by atoms with Crippen LogP contribution < -0.4 is 10.1 Å². The van der Waals surface area contributed by atoms with E-state index in [1.54, 1.807) is 13.3 Å². The number of hydrogen-bond donors (Lipinski definition) is 2. The van der Waals surface area contributed by atoms with Gasteiger partial charge in [-0.25, -0.2) is 4.98 Å². The molecule has 0 spiro atoms. The van der Waals surface area contributed by atoms with Gasteiger partial charge in [0.05, 0.1) is 12.7 Å². The average molecular weight is 288 g/mol. The van der Waals surface area contributed by atoms with Crippen LogP contribution in [-0.2, 0) is 0 Å². The first-order valence-electron chi connectivity index (χ1n) is 7.30. The maximum atomic E-state index is 10.4. The first kappa shape index (κ1) is 15.6. The SMILES string of the molecule is COc1ccc2ccnc(NCC(C)(O)CC(C)C)c2c1. The largest absolute Gasteiger partial charge is 0.497 e. The van der Waals surface area contributed by atoms with Gasteiger partial charge in [0, 0.05) is 18.1 Å². The molecule has 1 aromatic carbocycles. The summed E-state index contributed by atoms with van der Waals surface area (Å²) in [6.07, 6.45) is 2.52. The van der Waals surface area contributed by atoms with E-state index in [4.69, 9.17) is 4.74 Å². The molecule has 0 bridgehead atoms. The first-order valence-corrected chi connectivity index (χ1v) is 7.30. The fourth-order valence-electron chi connectivity index (χ4n) is 2.64. The van der Waals surface area contributed by atoms with E-state index >= 15 is 0 Å². The maximum Gasteiger partial charge on any atom is 0.134 e. The minimum atomic E-state index is -0.753. The van der Waals surface area contributed by atoms with Crippen molar-refractivity contribution >= 4 is 16.6 Å². The lowest BCUT2D eigenvalue weighted by atomic mass is 9.94. The number of anilines is 1. The van der Waals surface area contributed by atoms with Crippen LogP contribution in [0.4, 0.5) is 5.82 Å². The molecule has 0 radical (unpaired) electrons. The lowest BCUT2D eigenvalue weighted by molar-refractivity contribution is 0.0515. The van der Waals surface area contributed by atoms with Crippen molar-refractivity contribution in [3.05, 3.63) is 30.5 Å². The Bertz CT molecular complexity index is 609. The summed E-state index contributed by atoms with van der Waals surface area (Å²) in [7, 11) is 1.65. The molecule has 0 aliphatic heterocycles. The lowest BCUT2D eigenvalue weighted by Gasteiger charge is -2.26. The second-order valence-electron chi connectivity index (χ2n) is 6.20. The number of rotatable bonds is 6. The predicted molar refractivity (Wildman–Crippen MR) is 86.9 cm³/mol. The minimum absolute atomic E-state index is 0.447. The summed E-state index contributed by atoms with van der Waals surface area (Å²) in [4.78, 5) is 4.39. The number of ether oxygens (including phenoxy) is 1. The highest BCUT2D eigenvalue weighted by atomic mass is 16.5. The molecule has 1 unspecified atom stereocenters. The molecule has 1 atom stereocenters. The molecule has 0 aliphatic carbocycles. The normalized spacial score (nSPS) is 14.2. The van der Waals surface area contributed by atoms with Crippen molar-refractivity contribution in [2.45, 2.75) is 32.8 Å². The van der Waals surface area contributed by atoms with Gasteiger partial charge in [-0.15, -0.1) is 0 Å². The molecule has 0 amide bonds. The molecule has 2 N–H and O–H groups in total. The van der Waals surface area contributed by atoms with E-state index in [1.807, 2.05) is 31.2 Å². The van der Waals surface area contributed by atoms with Gasteiger partial charge < -0.3 is 15.2 Å². The number of benzene rings is 1. The molecule has 1 heterocycles. The van der Waals surface area contributed by atoms with Crippen LogP contribution in [0.25, 0.3) is 10.8 Å². The van der Waals surface area contributed by atoms with Crippen LogP contribution in [-0.4, -0.2) is 29.3 Å². The van der Waals surface area contributed by atoms with Crippen molar-refractivity contribution in [2.75, 3.05) is 19.0 Å². The third-order valence-corrected chi connectivity index (χ3v) is 3.46. The predicted octanol–water partition coefficient (Wildman–Crippen LogP) is 3.45. The number of nitrogens with zero attached hydrogens (tertiary/aromatic N) is 1. The van der Waals surface area contributed by atoms with Crippen molar-refractivity contribution < 1.29 is 9.84 Å². The van der Waals surface area contributed by atoms with Crippen molar-refractivity contribution in [3.63, 3.8) is 0 Å². The summed E-state index contributed by atoms with van der Waals surface area (Å²) in [5.41, 5.74) is -0.753. The summed E-state index contributed by atoms with van der Waals surface area (Å²) in [6, 6.07) is 7.86. The lowest BCUT2D eigenvalue weighted by Crippen LogP contribution is -2.35. The molecular formula is C17H24N2O2. The molecule has 0 fully saturated rings. The molecule has 4 heteroatoms. The molecule has 1 aromatic heterocycles. The van der Waals surface area contributed by atoms with E-state index in [2.05, 4.69) is 24.1 Å². The second kappa shape index (κ2) is 6.31. The van der Waals surface area contributed by atoms with E-state index in [9.17, 15) is 5.11 Å². The Kier molecular flexibility index (Phi) is 4.68.